The second kappa shape index (κ2) is 14.1. The summed E-state index contributed by atoms with van der Waals surface area (Å²) < 4.78 is 5.54. The summed E-state index contributed by atoms with van der Waals surface area (Å²) in [5.74, 6) is -1.15. The molecule has 10 nitrogen and oxygen atoms in total. The van der Waals surface area contributed by atoms with Crippen molar-refractivity contribution in [2.75, 3.05) is 21.1 Å². The molecule has 0 aliphatic rings. The highest BCUT2D eigenvalue weighted by Gasteiger charge is 2.33. The number of nitrogens with zero attached hydrogens (tertiary/aromatic N) is 4. The first-order valence-electron chi connectivity index (χ1n) is 14.5. The van der Waals surface area contributed by atoms with Crippen LogP contribution in [-0.2, 0) is 22.4 Å². The second-order valence-corrected chi connectivity index (χ2v) is 11.9. The van der Waals surface area contributed by atoms with Gasteiger partial charge >= 0.3 is 0 Å². The van der Waals surface area contributed by atoms with Crippen LogP contribution in [-0.4, -0.2) is 70.4 Å². The lowest BCUT2D eigenvalue weighted by molar-refractivity contribution is -0.137. The van der Waals surface area contributed by atoms with Crippen molar-refractivity contribution in [3.63, 3.8) is 0 Å². The number of aromatic nitrogens is 2. The van der Waals surface area contributed by atoms with Crippen molar-refractivity contribution in [2.45, 2.75) is 50.7 Å². The fourth-order valence-corrected chi connectivity index (χ4v) is 4.78. The molecule has 4 rings (SSSR count). The van der Waals surface area contributed by atoms with E-state index in [1.807, 2.05) is 86.6 Å². The quantitative estimate of drug-likeness (QED) is 0.235. The lowest BCUT2D eigenvalue weighted by atomic mass is 9.99. The van der Waals surface area contributed by atoms with Gasteiger partial charge < -0.3 is 25.4 Å². The summed E-state index contributed by atoms with van der Waals surface area (Å²) in [5, 5.41) is 8.90. The molecule has 44 heavy (non-hydrogen) atoms. The molecule has 0 saturated heterocycles. The van der Waals surface area contributed by atoms with E-state index in [0.717, 1.165) is 21.9 Å². The van der Waals surface area contributed by atoms with E-state index in [1.54, 1.807) is 27.2 Å². The van der Waals surface area contributed by atoms with Crippen molar-refractivity contribution in [3.8, 4) is 0 Å². The van der Waals surface area contributed by atoms with Crippen LogP contribution in [0.5, 0.6) is 0 Å². The maximum Gasteiger partial charge on any atom is 0.294 e. The minimum absolute atomic E-state index is 0.0992. The van der Waals surface area contributed by atoms with Crippen LogP contribution in [0.25, 0.3) is 10.8 Å². The number of hydrogen-bond acceptors (Lipinski definition) is 7. The van der Waals surface area contributed by atoms with Crippen LogP contribution in [0.2, 0.25) is 0 Å². The van der Waals surface area contributed by atoms with E-state index in [0.29, 0.717) is 12.8 Å². The molecule has 0 aliphatic carbocycles. The first kappa shape index (κ1) is 32.1. The van der Waals surface area contributed by atoms with Crippen LogP contribution in [0.4, 0.5) is 0 Å². The molecule has 0 saturated carbocycles. The van der Waals surface area contributed by atoms with Crippen LogP contribution < -0.4 is 11.1 Å². The zero-order valence-electron chi connectivity index (χ0n) is 25.9. The smallest absolute Gasteiger partial charge is 0.294 e. The normalized spacial score (nSPS) is 13.0. The predicted molar refractivity (Wildman–Crippen MR) is 170 cm³/mol. The molecule has 1 heterocycles. The zero-order valence-corrected chi connectivity index (χ0v) is 25.9. The number of rotatable bonds is 12. The third kappa shape index (κ3) is 8.61. The summed E-state index contributed by atoms with van der Waals surface area (Å²) in [5.41, 5.74) is 7.40. The Morgan fingerprint density at radius 3 is 2.30 bits per heavy atom. The molecule has 0 aliphatic heterocycles. The van der Waals surface area contributed by atoms with Gasteiger partial charge in [-0.1, -0.05) is 84.0 Å². The molecule has 0 spiro atoms. The minimum Gasteiger partial charge on any atom is -0.342 e. The van der Waals surface area contributed by atoms with Crippen molar-refractivity contribution in [1.29, 1.82) is 0 Å². The molecule has 3 N–H and O–H groups in total. The highest BCUT2D eigenvalue weighted by atomic mass is 16.5. The third-order valence-electron chi connectivity index (χ3n) is 7.19. The number of carbonyl (C=O) groups excluding carboxylic acids is 3. The topological polar surface area (TPSA) is 135 Å². The summed E-state index contributed by atoms with van der Waals surface area (Å²) in [6.07, 6.45) is 4.21. The molecule has 10 heteroatoms. The maximum atomic E-state index is 14.2. The molecular weight excluding hydrogens is 556 g/mol. The number of fused-ring (bicyclic) bond motifs is 1. The Balaban J connectivity index is 1.66. The highest BCUT2D eigenvalue weighted by Crippen LogP contribution is 2.25. The van der Waals surface area contributed by atoms with Crippen molar-refractivity contribution < 1.29 is 18.9 Å². The van der Waals surface area contributed by atoms with E-state index in [9.17, 15) is 14.4 Å². The van der Waals surface area contributed by atoms with Crippen LogP contribution >= 0.6 is 0 Å². The van der Waals surface area contributed by atoms with Gasteiger partial charge in [-0.3, -0.25) is 14.4 Å². The second-order valence-electron chi connectivity index (χ2n) is 11.9. The first-order valence-corrected chi connectivity index (χ1v) is 14.5. The number of nitrogens with two attached hydrogens (primary N) is 1. The average Bonchev–Trinajstić information content (AvgIpc) is 3.48. The van der Waals surface area contributed by atoms with Gasteiger partial charge in [0.15, 0.2) is 0 Å². The van der Waals surface area contributed by atoms with Gasteiger partial charge in [-0.05, 0) is 48.2 Å². The molecule has 2 atom stereocenters. The van der Waals surface area contributed by atoms with Crippen LogP contribution in [0.3, 0.4) is 0 Å². The average molecular weight is 597 g/mol. The lowest BCUT2D eigenvalue weighted by Crippen LogP contribution is -2.49. The van der Waals surface area contributed by atoms with Gasteiger partial charge in [-0.25, -0.2) is 0 Å². The highest BCUT2D eigenvalue weighted by molar-refractivity contribution is 5.93. The van der Waals surface area contributed by atoms with Crippen LogP contribution in [0.15, 0.2) is 89.5 Å². The third-order valence-corrected chi connectivity index (χ3v) is 7.19. The molecule has 0 fully saturated rings. The number of hydrogen-bond donors (Lipinski definition) is 2. The largest absolute Gasteiger partial charge is 0.342 e. The fourth-order valence-electron chi connectivity index (χ4n) is 4.78. The Hall–Kier alpha value is -4.83. The lowest BCUT2D eigenvalue weighted by Gasteiger charge is -2.30. The number of likely N-dealkylation sites (N-methyl/N-ethyl adjacent to an activating group) is 1. The molecule has 230 valence electrons. The number of amides is 3. The Morgan fingerprint density at radius 2 is 1.61 bits per heavy atom. The zero-order chi connectivity index (χ0) is 31.9. The van der Waals surface area contributed by atoms with Crippen LogP contribution in [0.1, 0.15) is 53.9 Å². The minimum atomic E-state index is -0.909. The van der Waals surface area contributed by atoms with Crippen LogP contribution in [0, 0.1) is 0 Å². The van der Waals surface area contributed by atoms with Crippen molar-refractivity contribution in [2.24, 2.45) is 5.73 Å². The predicted octanol–water partition coefficient (Wildman–Crippen LogP) is 4.08. The van der Waals surface area contributed by atoms with E-state index in [2.05, 4.69) is 15.5 Å². The van der Waals surface area contributed by atoms with Gasteiger partial charge in [0.05, 0.1) is 0 Å². The fraction of sp³-hybridized carbons (Fsp3) is 0.324. The van der Waals surface area contributed by atoms with Crippen molar-refractivity contribution in [3.05, 3.63) is 108 Å². The van der Waals surface area contributed by atoms with E-state index >= 15 is 0 Å². The molecule has 4 aromatic rings. The molecule has 2 unspecified atom stereocenters. The molecule has 0 radical (unpaired) electrons. The maximum absolute atomic E-state index is 14.2. The van der Waals surface area contributed by atoms with Gasteiger partial charge in [-0.2, -0.15) is 4.98 Å². The molecule has 3 aromatic carbocycles. The van der Waals surface area contributed by atoms with Crippen molar-refractivity contribution >= 4 is 28.5 Å². The van der Waals surface area contributed by atoms with Gasteiger partial charge in [0, 0.05) is 39.5 Å². The van der Waals surface area contributed by atoms with E-state index < -0.39 is 29.4 Å². The number of nitrogens with one attached hydrogen (secondary N) is 1. The summed E-state index contributed by atoms with van der Waals surface area (Å²) in [7, 11) is 4.83. The van der Waals surface area contributed by atoms with Gasteiger partial charge in [-0.15, -0.1) is 0 Å². The Labute approximate surface area is 257 Å². The molecular formula is C34H40N6O4. The van der Waals surface area contributed by atoms with Gasteiger partial charge in [0.25, 0.3) is 11.7 Å². The summed E-state index contributed by atoms with van der Waals surface area (Å²) in [4.78, 5) is 47.0. The Bertz CT molecular complexity index is 1620. The molecule has 1 aromatic heterocycles. The van der Waals surface area contributed by atoms with E-state index in [4.69, 9.17) is 10.3 Å². The molecule has 0 bridgehead atoms. The summed E-state index contributed by atoms with van der Waals surface area (Å²) >= 11 is 0. The van der Waals surface area contributed by atoms with Gasteiger partial charge in [0.2, 0.25) is 17.7 Å². The first-order chi connectivity index (χ1) is 20.9. The SMILES string of the molecule is CN(C)C(=O)c1noc(C(Cc2ccccc2)N(C)C(=O)C(Cc2ccc3ccccc3c2)NC(=O)/C=C/CC(C)(C)N)n1. The monoisotopic (exact) mass is 596 g/mol. The Morgan fingerprint density at radius 1 is 0.932 bits per heavy atom. The summed E-state index contributed by atoms with van der Waals surface area (Å²) in [6, 6.07) is 21.9. The number of benzene rings is 3. The van der Waals surface area contributed by atoms with Crippen molar-refractivity contribution in [1.82, 2.24) is 25.3 Å². The number of carbonyl (C=O) groups is 3. The summed E-state index contributed by atoms with van der Waals surface area (Å²) in [6.45, 7) is 3.75. The van der Waals surface area contributed by atoms with E-state index in [-0.39, 0.29) is 24.0 Å². The molecule has 3 amide bonds. The standard InChI is InChI=1S/C34H40N6O4/c1-34(2,35)19-11-16-29(41)36-27(21-24-17-18-25-14-9-10-15-26(25)20-24)32(42)40(5)28(22-23-12-7-6-8-13-23)31-37-30(38-44-31)33(43)39(3)4/h6-18,20,27-28H,19,21-22,35H2,1-5H3,(H,36,41)/b16-11+. The van der Waals surface area contributed by atoms with Gasteiger partial charge in [0.1, 0.15) is 12.1 Å². The Kier molecular flexibility index (Phi) is 10.3. The van der Waals surface area contributed by atoms with E-state index in [1.165, 1.54) is 15.9 Å².